The van der Waals surface area contributed by atoms with Crippen LogP contribution in [0, 0.1) is 4.77 Å². The van der Waals surface area contributed by atoms with Crippen LogP contribution >= 0.6 is 24.8 Å². The third kappa shape index (κ3) is 6.51. The van der Waals surface area contributed by atoms with E-state index < -0.39 is 0 Å². The number of benzene rings is 3. The van der Waals surface area contributed by atoms with Crippen LogP contribution in [-0.2, 0) is 4.74 Å². The number of likely N-dealkylation sites (N-methyl/N-ethyl adjacent to an activating group) is 1. The van der Waals surface area contributed by atoms with Gasteiger partial charge in [0.05, 0.1) is 6.61 Å². The van der Waals surface area contributed by atoms with Crippen LogP contribution in [0.3, 0.4) is 0 Å². The number of aromatic nitrogens is 2. The Morgan fingerprint density at radius 2 is 1.97 bits per heavy atom. The number of ether oxygens (including phenoxy) is 1. The van der Waals surface area contributed by atoms with E-state index in [2.05, 4.69) is 29.5 Å². The number of allylic oxidation sites excluding steroid dienone is 1. The first kappa shape index (κ1) is 26.3. The van der Waals surface area contributed by atoms with Crippen LogP contribution in [0.1, 0.15) is 15.9 Å². The van der Waals surface area contributed by atoms with Gasteiger partial charge in [0, 0.05) is 59.1 Å². The second kappa shape index (κ2) is 12.0. The minimum absolute atomic E-state index is 0.134. The number of imidazole rings is 1. The molecule has 0 saturated carbocycles. The Morgan fingerprint density at radius 3 is 2.70 bits per heavy atom. The van der Waals surface area contributed by atoms with Crippen molar-refractivity contribution in [2.75, 3.05) is 37.1 Å². The van der Waals surface area contributed by atoms with Gasteiger partial charge in [-0.2, -0.15) is 0 Å². The van der Waals surface area contributed by atoms with Gasteiger partial charge >= 0.3 is 0 Å². The van der Waals surface area contributed by atoms with Crippen molar-refractivity contribution < 1.29 is 14.6 Å². The molecule has 0 saturated heterocycles. The summed E-state index contributed by atoms with van der Waals surface area (Å²) in [5.41, 5.74) is 4.21. The molecule has 0 bridgehead atoms. The predicted molar refractivity (Wildman–Crippen MR) is 154 cm³/mol. The minimum atomic E-state index is -0.213. The van der Waals surface area contributed by atoms with E-state index in [1.54, 1.807) is 24.4 Å². The normalized spacial score (nSPS) is 10.8. The Labute approximate surface area is 226 Å². The third-order valence-corrected chi connectivity index (χ3v) is 6.58. The molecule has 0 amide bonds. The van der Waals surface area contributed by atoms with Crippen LogP contribution in [0.4, 0.5) is 11.4 Å². The number of ketones is 1. The van der Waals surface area contributed by atoms with Crippen molar-refractivity contribution in [2.45, 2.75) is 4.90 Å². The highest BCUT2D eigenvalue weighted by Crippen LogP contribution is 2.27. The van der Waals surface area contributed by atoms with Crippen molar-refractivity contribution in [3.05, 3.63) is 102 Å². The van der Waals surface area contributed by atoms with Crippen LogP contribution < -0.4 is 10.2 Å². The number of nitrogens with zero attached hydrogens (tertiary/aromatic N) is 2. The monoisotopic (exact) mass is 532 g/mol. The molecule has 1 heterocycles. The van der Waals surface area contributed by atoms with Crippen molar-refractivity contribution >= 4 is 47.6 Å². The molecule has 0 atom stereocenters. The molecule has 0 fully saturated rings. The molecule has 0 spiro atoms. The zero-order chi connectivity index (χ0) is 26.4. The first-order valence-electron chi connectivity index (χ1n) is 11.6. The van der Waals surface area contributed by atoms with Gasteiger partial charge in [-0.05, 0) is 66.3 Å². The molecule has 3 aromatic carbocycles. The van der Waals surface area contributed by atoms with Crippen molar-refractivity contribution in [1.82, 2.24) is 9.55 Å². The van der Waals surface area contributed by atoms with Gasteiger partial charge in [-0.1, -0.05) is 24.8 Å². The number of anilines is 2. The molecule has 4 aromatic rings. The zero-order valence-electron chi connectivity index (χ0n) is 20.3. The number of H-pyrrole nitrogens is 1. The molecule has 1 aromatic heterocycles. The van der Waals surface area contributed by atoms with Gasteiger partial charge in [0.1, 0.15) is 12.5 Å². The van der Waals surface area contributed by atoms with Gasteiger partial charge in [0.15, 0.2) is 10.6 Å². The Balaban J connectivity index is 1.30. The molecule has 7 nitrogen and oxygen atoms in total. The molecule has 3 N–H and O–H groups in total. The van der Waals surface area contributed by atoms with Crippen LogP contribution in [-0.4, -0.2) is 47.4 Å². The molecule has 0 unspecified atom stereocenters. The van der Waals surface area contributed by atoms with Gasteiger partial charge in [-0.15, -0.1) is 12.6 Å². The predicted octanol–water partition coefficient (Wildman–Crippen LogP) is 5.95. The van der Waals surface area contributed by atoms with E-state index in [1.165, 1.54) is 12.1 Å². The molecular weight excluding hydrogens is 504 g/mol. The lowest BCUT2D eigenvalue weighted by atomic mass is 9.97. The lowest BCUT2D eigenvalue weighted by Gasteiger charge is -2.21. The quantitative estimate of drug-likeness (QED) is 0.0477. The van der Waals surface area contributed by atoms with Crippen LogP contribution in [0.25, 0.3) is 11.3 Å². The van der Waals surface area contributed by atoms with E-state index >= 15 is 0 Å². The maximum absolute atomic E-state index is 13.1. The Kier molecular flexibility index (Phi) is 8.50. The van der Waals surface area contributed by atoms with Crippen molar-refractivity contribution in [1.29, 1.82) is 0 Å². The summed E-state index contributed by atoms with van der Waals surface area (Å²) >= 11 is 9.77. The van der Waals surface area contributed by atoms with Gasteiger partial charge in [0.2, 0.25) is 0 Å². The summed E-state index contributed by atoms with van der Waals surface area (Å²) in [5, 5.41) is 12.8. The smallest absolute Gasteiger partial charge is 0.194 e. The maximum Gasteiger partial charge on any atom is 0.194 e. The van der Waals surface area contributed by atoms with E-state index in [9.17, 15) is 9.90 Å². The fraction of sp³-hybridized carbons (Fsp3) is 0.143. The summed E-state index contributed by atoms with van der Waals surface area (Å²) in [4.78, 5) is 18.7. The number of carbonyl (C=O) groups excluding carboxylic acids is 1. The van der Waals surface area contributed by atoms with Crippen molar-refractivity contribution in [3.63, 3.8) is 0 Å². The van der Waals surface area contributed by atoms with Crippen molar-refractivity contribution in [2.24, 2.45) is 0 Å². The van der Waals surface area contributed by atoms with Crippen LogP contribution in [0.15, 0.2) is 90.6 Å². The Bertz CT molecular complexity index is 1460. The average Bonchev–Trinajstić information content (AvgIpc) is 3.34. The van der Waals surface area contributed by atoms with E-state index in [1.807, 2.05) is 59.1 Å². The molecule has 190 valence electrons. The third-order valence-electron chi connectivity index (χ3n) is 5.88. The highest BCUT2D eigenvalue weighted by atomic mass is 32.1. The second-order valence-electron chi connectivity index (χ2n) is 8.39. The number of phenols is 1. The van der Waals surface area contributed by atoms with Gasteiger partial charge in [-0.25, -0.2) is 0 Å². The Hall–Kier alpha value is -3.79. The topological polar surface area (TPSA) is 82.5 Å². The number of rotatable bonds is 11. The first-order chi connectivity index (χ1) is 17.8. The SMILES string of the molecule is C=C(C(=O)c1cc(N(C)CCOCNc2cccc(-n3cc[nH]c3=S)c2)ccc1S)c1ccc(O)cc1. The number of Topliss-reactive ketones (excluding diaryl/α,β-unsaturated/α-hetero) is 1. The van der Waals surface area contributed by atoms with E-state index in [-0.39, 0.29) is 11.5 Å². The average molecular weight is 533 g/mol. The summed E-state index contributed by atoms with van der Waals surface area (Å²) < 4.78 is 8.32. The molecule has 9 heteroatoms. The molecule has 37 heavy (non-hydrogen) atoms. The van der Waals surface area contributed by atoms with E-state index in [4.69, 9.17) is 17.0 Å². The highest BCUT2D eigenvalue weighted by Gasteiger charge is 2.17. The lowest BCUT2D eigenvalue weighted by molar-refractivity contribution is 0.105. The number of phenolic OH excluding ortho intramolecular Hbond substituents is 1. The summed E-state index contributed by atoms with van der Waals surface area (Å²) in [6, 6.07) is 19.8. The summed E-state index contributed by atoms with van der Waals surface area (Å²) in [5.74, 6) is -0.0789. The standard InChI is InChI=1S/C28H28N4O3S2/c1-19(20-6-9-24(33)10-7-20)27(34)25-17-22(8-11-26(25)36)31(2)14-15-35-18-30-21-4-3-5-23(16-21)32-13-12-29-28(32)37/h3-13,16-17,30,33,36H,1,14-15,18H2,2H3,(H,29,37). The fourth-order valence-corrected chi connectivity index (χ4v) is 4.20. The summed E-state index contributed by atoms with van der Waals surface area (Å²) in [6.45, 7) is 5.41. The number of thiol groups is 1. The lowest BCUT2D eigenvalue weighted by Crippen LogP contribution is -2.24. The maximum atomic E-state index is 13.1. The number of carbonyl (C=O) groups is 1. The fourth-order valence-electron chi connectivity index (χ4n) is 3.73. The van der Waals surface area contributed by atoms with Crippen LogP contribution in [0.5, 0.6) is 5.75 Å². The summed E-state index contributed by atoms with van der Waals surface area (Å²) in [7, 11) is 1.94. The molecule has 4 rings (SSSR count). The molecule has 0 aliphatic heterocycles. The highest BCUT2D eigenvalue weighted by molar-refractivity contribution is 7.80. The molecule has 0 aliphatic carbocycles. The van der Waals surface area contributed by atoms with Crippen LogP contribution in [0.2, 0.25) is 0 Å². The molecular formula is C28H28N4O3S2. The van der Waals surface area contributed by atoms with Gasteiger partial charge in [-0.3, -0.25) is 9.36 Å². The Morgan fingerprint density at radius 1 is 1.19 bits per heavy atom. The number of hydrogen-bond donors (Lipinski definition) is 4. The number of aromatic amines is 1. The van der Waals surface area contributed by atoms with Crippen molar-refractivity contribution in [3.8, 4) is 11.4 Å². The molecule has 0 radical (unpaired) electrons. The second-order valence-corrected chi connectivity index (χ2v) is 9.26. The van der Waals surface area contributed by atoms with E-state index in [0.29, 0.717) is 46.2 Å². The van der Waals surface area contributed by atoms with Gasteiger partial charge < -0.3 is 25.0 Å². The van der Waals surface area contributed by atoms with Gasteiger partial charge in [0.25, 0.3) is 0 Å². The summed E-state index contributed by atoms with van der Waals surface area (Å²) in [6.07, 6.45) is 3.69. The number of hydrogen-bond acceptors (Lipinski definition) is 7. The van der Waals surface area contributed by atoms with E-state index in [0.717, 1.165) is 17.1 Å². The number of nitrogens with one attached hydrogen (secondary N) is 2. The largest absolute Gasteiger partial charge is 0.508 e. The zero-order valence-corrected chi connectivity index (χ0v) is 22.1. The molecule has 0 aliphatic rings. The minimum Gasteiger partial charge on any atom is -0.508 e. The first-order valence-corrected chi connectivity index (χ1v) is 12.4. The number of aromatic hydroxyl groups is 1.